The third-order valence-corrected chi connectivity index (χ3v) is 1.85. The summed E-state index contributed by atoms with van der Waals surface area (Å²) in [5, 5.41) is 4.09. The van der Waals surface area contributed by atoms with E-state index in [4.69, 9.17) is 0 Å². The van der Waals surface area contributed by atoms with Gasteiger partial charge in [-0.3, -0.25) is 0 Å². The molecule has 0 aliphatic carbocycles. The first-order valence-corrected chi connectivity index (χ1v) is 4.14. The number of allylic oxidation sites excluding steroid dienone is 2. The van der Waals surface area contributed by atoms with Crippen LogP contribution in [0.3, 0.4) is 0 Å². The van der Waals surface area contributed by atoms with Crippen molar-refractivity contribution in [2.24, 2.45) is 0 Å². The molecular formula is C10H13FN2. The van der Waals surface area contributed by atoms with E-state index in [-0.39, 0.29) is 5.95 Å². The van der Waals surface area contributed by atoms with Crippen molar-refractivity contribution in [1.29, 1.82) is 0 Å². The van der Waals surface area contributed by atoms with Crippen LogP contribution in [0.15, 0.2) is 25.3 Å². The van der Waals surface area contributed by atoms with Gasteiger partial charge in [0.15, 0.2) is 0 Å². The maximum atomic E-state index is 13.4. The monoisotopic (exact) mass is 180 g/mol. The fourth-order valence-corrected chi connectivity index (χ4v) is 1.15. The molecule has 0 saturated heterocycles. The Kier molecular flexibility index (Phi) is 3.01. The van der Waals surface area contributed by atoms with Gasteiger partial charge in [0, 0.05) is 12.0 Å². The molecule has 13 heavy (non-hydrogen) atoms. The second-order valence-corrected chi connectivity index (χ2v) is 2.83. The first-order chi connectivity index (χ1) is 6.20. The molecule has 1 aromatic heterocycles. The lowest BCUT2D eigenvalue weighted by Gasteiger charge is -1.94. The van der Waals surface area contributed by atoms with Crippen LogP contribution < -0.4 is 0 Å². The topological polar surface area (TPSA) is 17.8 Å². The summed E-state index contributed by atoms with van der Waals surface area (Å²) in [4.78, 5) is 0. The van der Waals surface area contributed by atoms with Crippen molar-refractivity contribution in [3.63, 3.8) is 0 Å². The van der Waals surface area contributed by atoms with Crippen LogP contribution in [-0.4, -0.2) is 9.78 Å². The molecule has 3 heteroatoms. The molecule has 0 atom stereocenters. The largest absolute Gasteiger partial charge is 0.235 e. The summed E-state index contributed by atoms with van der Waals surface area (Å²) >= 11 is 0. The van der Waals surface area contributed by atoms with E-state index in [1.165, 1.54) is 4.68 Å². The standard InChI is InChI=1S/C10H13FN2/c1-4-6-9-8(3)10(11)13(12-9)7-5-2/h4-5H,1-2,6-7H2,3H3. The van der Waals surface area contributed by atoms with E-state index in [0.717, 1.165) is 5.69 Å². The Morgan fingerprint density at radius 2 is 2.15 bits per heavy atom. The highest BCUT2D eigenvalue weighted by molar-refractivity contribution is 5.19. The minimum Gasteiger partial charge on any atom is -0.235 e. The summed E-state index contributed by atoms with van der Waals surface area (Å²) in [6, 6.07) is 0. The molecule has 0 amide bonds. The molecule has 0 saturated carbocycles. The second-order valence-electron chi connectivity index (χ2n) is 2.83. The van der Waals surface area contributed by atoms with Gasteiger partial charge in [0.1, 0.15) is 0 Å². The van der Waals surface area contributed by atoms with Gasteiger partial charge in [-0.1, -0.05) is 12.2 Å². The molecule has 2 nitrogen and oxygen atoms in total. The molecule has 0 spiro atoms. The van der Waals surface area contributed by atoms with E-state index >= 15 is 0 Å². The quantitative estimate of drug-likeness (QED) is 0.650. The van der Waals surface area contributed by atoms with E-state index in [1.54, 1.807) is 19.1 Å². The highest BCUT2D eigenvalue weighted by Gasteiger charge is 2.11. The van der Waals surface area contributed by atoms with Crippen molar-refractivity contribution in [3.8, 4) is 0 Å². The van der Waals surface area contributed by atoms with Gasteiger partial charge in [-0.2, -0.15) is 9.49 Å². The maximum Gasteiger partial charge on any atom is 0.214 e. The molecule has 0 aromatic carbocycles. The summed E-state index contributed by atoms with van der Waals surface area (Å²) in [5.41, 5.74) is 1.34. The predicted molar refractivity (Wildman–Crippen MR) is 51.0 cm³/mol. The maximum absolute atomic E-state index is 13.4. The van der Waals surface area contributed by atoms with Crippen LogP contribution >= 0.6 is 0 Å². The average Bonchev–Trinajstić information content (AvgIpc) is 2.36. The van der Waals surface area contributed by atoms with Crippen LogP contribution in [0.5, 0.6) is 0 Å². The molecule has 0 N–H and O–H groups in total. The van der Waals surface area contributed by atoms with E-state index in [9.17, 15) is 4.39 Å². The van der Waals surface area contributed by atoms with Gasteiger partial charge in [0.05, 0.1) is 12.2 Å². The highest BCUT2D eigenvalue weighted by atomic mass is 19.1. The Balaban J connectivity index is 3.03. The third kappa shape index (κ3) is 1.86. The van der Waals surface area contributed by atoms with E-state index in [1.807, 2.05) is 0 Å². The second kappa shape index (κ2) is 4.03. The number of aromatic nitrogens is 2. The number of nitrogens with zero attached hydrogens (tertiary/aromatic N) is 2. The zero-order chi connectivity index (χ0) is 9.84. The van der Waals surface area contributed by atoms with Crippen molar-refractivity contribution in [3.05, 3.63) is 42.5 Å². The van der Waals surface area contributed by atoms with E-state index in [0.29, 0.717) is 18.5 Å². The molecule has 0 fully saturated rings. The number of hydrogen-bond donors (Lipinski definition) is 0. The van der Waals surface area contributed by atoms with Gasteiger partial charge in [0.25, 0.3) is 0 Å². The Bertz CT molecular complexity index is 295. The lowest BCUT2D eigenvalue weighted by molar-refractivity contribution is 0.479. The van der Waals surface area contributed by atoms with Crippen LogP contribution in [0, 0.1) is 12.9 Å². The Labute approximate surface area is 77.4 Å². The predicted octanol–water partition coefficient (Wildman–Crippen LogP) is 2.25. The van der Waals surface area contributed by atoms with Crippen LogP contribution in [0.25, 0.3) is 0 Å². The first-order valence-electron chi connectivity index (χ1n) is 4.14. The van der Waals surface area contributed by atoms with Gasteiger partial charge >= 0.3 is 0 Å². The summed E-state index contributed by atoms with van der Waals surface area (Å²) in [6.07, 6.45) is 3.94. The Morgan fingerprint density at radius 3 is 2.69 bits per heavy atom. The molecule has 1 rings (SSSR count). The zero-order valence-electron chi connectivity index (χ0n) is 7.76. The minimum absolute atomic E-state index is 0.281. The van der Waals surface area contributed by atoms with Crippen molar-refractivity contribution in [1.82, 2.24) is 9.78 Å². The van der Waals surface area contributed by atoms with E-state index in [2.05, 4.69) is 18.3 Å². The molecule has 0 aliphatic heterocycles. The Morgan fingerprint density at radius 1 is 1.46 bits per heavy atom. The summed E-state index contributed by atoms with van der Waals surface area (Å²) in [7, 11) is 0. The van der Waals surface area contributed by atoms with Gasteiger partial charge in [-0.25, -0.2) is 4.68 Å². The first kappa shape index (κ1) is 9.71. The molecular weight excluding hydrogens is 167 g/mol. The zero-order valence-corrected chi connectivity index (χ0v) is 7.76. The molecule has 0 radical (unpaired) electrons. The fraction of sp³-hybridized carbons (Fsp3) is 0.300. The summed E-state index contributed by atoms with van der Waals surface area (Å²) in [6.45, 7) is 9.25. The van der Waals surface area contributed by atoms with Crippen molar-refractivity contribution in [2.75, 3.05) is 0 Å². The molecule has 1 heterocycles. The van der Waals surface area contributed by atoms with Gasteiger partial charge in [-0.05, 0) is 6.92 Å². The SMILES string of the molecule is C=CCc1nn(CC=C)c(F)c1C. The summed E-state index contributed by atoms with van der Waals surface area (Å²) < 4.78 is 14.7. The molecule has 1 aromatic rings. The van der Waals surface area contributed by atoms with Crippen LogP contribution in [0.2, 0.25) is 0 Å². The lowest BCUT2D eigenvalue weighted by Crippen LogP contribution is -2.00. The van der Waals surface area contributed by atoms with Crippen LogP contribution in [0.4, 0.5) is 4.39 Å². The normalized spacial score (nSPS) is 10.0. The van der Waals surface area contributed by atoms with Crippen molar-refractivity contribution < 1.29 is 4.39 Å². The highest BCUT2D eigenvalue weighted by Crippen LogP contribution is 2.12. The molecule has 70 valence electrons. The lowest BCUT2D eigenvalue weighted by atomic mass is 10.2. The fourth-order valence-electron chi connectivity index (χ4n) is 1.15. The van der Waals surface area contributed by atoms with Crippen LogP contribution in [-0.2, 0) is 13.0 Å². The molecule has 0 bridgehead atoms. The smallest absolute Gasteiger partial charge is 0.214 e. The minimum atomic E-state index is -0.281. The number of rotatable bonds is 4. The molecule has 0 aliphatic rings. The van der Waals surface area contributed by atoms with Gasteiger partial charge < -0.3 is 0 Å². The van der Waals surface area contributed by atoms with Gasteiger partial charge in [-0.15, -0.1) is 13.2 Å². The average molecular weight is 180 g/mol. The number of halogens is 1. The van der Waals surface area contributed by atoms with Crippen molar-refractivity contribution in [2.45, 2.75) is 19.9 Å². The van der Waals surface area contributed by atoms with Crippen molar-refractivity contribution >= 4 is 0 Å². The van der Waals surface area contributed by atoms with Gasteiger partial charge in [0.2, 0.25) is 5.95 Å². The Hall–Kier alpha value is -1.38. The summed E-state index contributed by atoms with van der Waals surface area (Å²) in [5.74, 6) is -0.281. The van der Waals surface area contributed by atoms with E-state index < -0.39 is 0 Å². The number of hydrogen-bond acceptors (Lipinski definition) is 1. The van der Waals surface area contributed by atoms with Crippen LogP contribution in [0.1, 0.15) is 11.3 Å². The molecule has 0 unspecified atom stereocenters. The third-order valence-electron chi connectivity index (χ3n) is 1.85.